The lowest BCUT2D eigenvalue weighted by Crippen LogP contribution is -2.36. The average molecular weight is 641 g/mol. The fourth-order valence-corrected chi connectivity index (χ4v) is 5.55. The number of hydrogen-bond donors (Lipinski definition) is 1. The van der Waals surface area contributed by atoms with Crippen molar-refractivity contribution < 1.29 is 28.8 Å². The molecule has 12 heteroatoms. The van der Waals surface area contributed by atoms with Gasteiger partial charge in [-0.1, -0.05) is 33.6 Å². The lowest BCUT2D eigenvalue weighted by molar-refractivity contribution is -0.384. The molecule has 3 amide bonds. The van der Waals surface area contributed by atoms with E-state index in [2.05, 4.69) is 21.2 Å². The van der Waals surface area contributed by atoms with Gasteiger partial charge in [-0.2, -0.15) is 0 Å². The molecule has 0 aliphatic carbocycles. The Hall–Kier alpha value is -4.16. The van der Waals surface area contributed by atoms with Gasteiger partial charge in [-0.05, 0) is 85.1 Å². The lowest BCUT2D eigenvalue weighted by atomic mass is 10.1. The number of thioether (sulfide) groups is 1. The summed E-state index contributed by atoms with van der Waals surface area (Å²) in [6.45, 7) is 5.47. The predicted octanol–water partition coefficient (Wildman–Crippen LogP) is 6.55. The second-order valence-electron chi connectivity index (χ2n) is 9.33. The summed E-state index contributed by atoms with van der Waals surface area (Å²) in [6, 6.07) is 13.2. The fraction of sp³-hybridized carbons (Fsp3) is 0.207. The summed E-state index contributed by atoms with van der Waals surface area (Å²) in [6.07, 6.45) is 1.55. The van der Waals surface area contributed by atoms with Gasteiger partial charge in [0.05, 0.1) is 16.9 Å². The quantitative estimate of drug-likeness (QED) is 0.159. The molecule has 0 bridgehead atoms. The number of nitrogens with one attached hydrogen (secondary N) is 1. The Balaban J connectivity index is 1.47. The molecule has 0 atom stereocenters. The zero-order valence-electron chi connectivity index (χ0n) is 22.6. The normalized spacial score (nSPS) is 14.0. The third-order valence-electron chi connectivity index (χ3n) is 6.23. The second kappa shape index (κ2) is 12.6. The molecule has 10 nitrogen and oxygen atoms in total. The smallest absolute Gasteiger partial charge is 0.294 e. The molecule has 3 aromatic rings. The second-order valence-corrected chi connectivity index (χ2v) is 11.2. The van der Waals surface area contributed by atoms with E-state index in [1.165, 1.54) is 19.2 Å². The summed E-state index contributed by atoms with van der Waals surface area (Å²) in [5.41, 5.74) is 4.79. The number of anilines is 1. The van der Waals surface area contributed by atoms with Gasteiger partial charge in [-0.25, -0.2) is 0 Å². The molecule has 1 saturated heterocycles. The molecule has 1 heterocycles. The number of carbonyl (C=O) groups excluding carboxylic acids is 3. The summed E-state index contributed by atoms with van der Waals surface area (Å²) < 4.78 is 11.9. The van der Waals surface area contributed by atoms with Crippen LogP contribution in [0.5, 0.6) is 11.5 Å². The average Bonchev–Trinajstić information content (AvgIpc) is 3.18. The van der Waals surface area contributed by atoms with Crippen LogP contribution in [0.3, 0.4) is 0 Å². The number of hydrogen-bond acceptors (Lipinski definition) is 8. The molecule has 0 saturated carbocycles. The van der Waals surface area contributed by atoms with E-state index in [-0.39, 0.29) is 17.2 Å². The first-order valence-corrected chi connectivity index (χ1v) is 13.9. The van der Waals surface area contributed by atoms with Crippen LogP contribution >= 0.6 is 27.7 Å². The first-order valence-electron chi connectivity index (χ1n) is 12.3. The molecule has 1 aliphatic heterocycles. The number of non-ortho nitro benzene ring substituents is 1. The van der Waals surface area contributed by atoms with Crippen LogP contribution in [0.25, 0.3) is 6.08 Å². The van der Waals surface area contributed by atoms with Gasteiger partial charge < -0.3 is 14.8 Å². The van der Waals surface area contributed by atoms with Gasteiger partial charge >= 0.3 is 0 Å². The molecule has 0 aromatic heterocycles. The zero-order valence-corrected chi connectivity index (χ0v) is 25.1. The van der Waals surface area contributed by atoms with Gasteiger partial charge in [-0.15, -0.1) is 0 Å². The van der Waals surface area contributed by atoms with Crippen LogP contribution in [0.2, 0.25) is 0 Å². The number of benzene rings is 3. The minimum Gasteiger partial charge on any atom is -0.493 e. The molecule has 4 rings (SSSR count). The summed E-state index contributed by atoms with van der Waals surface area (Å²) in [5.74, 6) is -0.261. The molecule has 212 valence electrons. The van der Waals surface area contributed by atoms with Crippen LogP contribution in [0.15, 0.2) is 57.9 Å². The van der Waals surface area contributed by atoms with Crippen molar-refractivity contribution in [3.05, 3.63) is 95.8 Å². The highest BCUT2D eigenvalue weighted by Crippen LogP contribution is 2.38. The van der Waals surface area contributed by atoms with E-state index >= 15 is 0 Å². The van der Waals surface area contributed by atoms with Crippen molar-refractivity contribution in [2.75, 3.05) is 19.0 Å². The van der Waals surface area contributed by atoms with Gasteiger partial charge in [-0.3, -0.25) is 29.4 Å². The molecule has 1 fully saturated rings. The Morgan fingerprint density at radius 1 is 1.07 bits per heavy atom. The number of rotatable bonds is 9. The van der Waals surface area contributed by atoms with E-state index in [0.717, 1.165) is 38.9 Å². The van der Waals surface area contributed by atoms with Crippen molar-refractivity contribution in [2.24, 2.45) is 0 Å². The van der Waals surface area contributed by atoms with Crippen LogP contribution in [-0.4, -0.2) is 40.5 Å². The van der Waals surface area contributed by atoms with E-state index in [1.54, 1.807) is 30.3 Å². The van der Waals surface area contributed by atoms with Crippen LogP contribution in [0, 0.1) is 30.9 Å². The van der Waals surface area contributed by atoms with Gasteiger partial charge in [0.15, 0.2) is 11.5 Å². The van der Waals surface area contributed by atoms with Gasteiger partial charge in [0.2, 0.25) is 5.91 Å². The first-order chi connectivity index (χ1) is 19.5. The molecule has 3 aromatic carbocycles. The van der Waals surface area contributed by atoms with Crippen molar-refractivity contribution in [1.82, 2.24) is 4.90 Å². The maximum absolute atomic E-state index is 13.1. The lowest BCUT2D eigenvalue weighted by Gasteiger charge is -2.16. The first kappa shape index (κ1) is 29.8. The van der Waals surface area contributed by atoms with Crippen molar-refractivity contribution >= 4 is 62.2 Å². The highest BCUT2D eigenvalue weighted by Gasteiger charge is 2.36. The highest BCUT2D eigenvalue weighted by atomic mass is 79.9. The number of imide groups is 1. The van der Waals surface area contributed by atoms with E-state index in [4.69, 9.17) is 9.47 Å². The Bertz CT molecular complexity index is 1560. The Morgan fingerprint density at radius 3 is 2.34 bits per heavy atom. The number of amides is 3. The Morgan fingerprint density at radius 2 is 1.73 bits per heavy atom. The number of nitro benzene ring substituents is 1. The van der Waals surface area contributed by atoms with Gasteiger partial charge in [0.1, 0.15) is 13.2 Å². The topological polar surface area (TPSA) is 128 Å². The molecule has 1 N–H and O–H groups in total. The third-order valence-corrected chi connectivity index (χ3v) is 7.82. The van der Waals surface area contributed by atoms with Crippen LogP contribution < -0.4 is 14.8 Å². The number of carbonyl (C=O) groups is 3. The van der Waals surface area contributed by atoms with E-state index in [9.17, 15) is 24.5 Å². The van der Waals surface area contributed by atoms with Crippen LogP contribution in [0.1, 0.15) is 27.8 Å². The van der Waals surface area contributed by atoms with Gasteiger partial charge in [0, 0.05) is 22.3 Å². The molecule has 41 heavy (non-hydrogen) atoms. The number of aryl methyl sites for hydroxylation is 3. The van der Waals surface area contributed by atoms with Crippen molar-refractivity contribution in [1.29, 1.82) is 0 Å². The minimum absolute atomic E-state index is 0.0140. The summed E-state index contributed by atoms with van der Waals surface area (Å²) in [5, 5.41) is 13.1. The maximum Gasteiger partial charge on any atom is 0.294 e. The van der Waals surface area contributed by atoms with E-state index in [0.29, 0.717) is 27.2 Å². The summed E-state index contributed by atoms with van der Waals surface area (Å²) in [4.78, 5) is 49.9. The molecule has 0 spiro atoms. The van der Waals surface area contributed by atoms with Crippen LogP contribution in [-0.2, 0) is 16.2 Å². The van der Waals surface area contributed by atoms with Gasteiger partial charge in [0.25, 0.3) is 16.8 Å². The van der Waals surface area contributed by atoms with Crippen molar-refractivity contribution in [2.45, 2.75) is 27.4 Å². The summed E-state index contributed by atoms with van der Waals surface area (Å²) in [7, 11) is 1.47. The van der Waals surface area contributed by atoms with Crippen molar-refractivity contribution in [3.63, 3.8) is 0 Å². The zero-order chi connectivity index (χ0) is 29.8. The monoisotopic (exact) mass is 639 g/mol. The van der Waals surface area contributed by atoms with E-state index in [1.807, 2.05) is 32.9 Å². The predicted molar refractivity (Wildman–Crippen MR) is 160 cm³/mol. The minimum atomic E-state index is -0.572. The number of halogens is 1. The number of nitrogens with zero attached hydrogens (tertiary/aromatic N) is 2. The molecular formula is C29H26BrN3O7S. The molecule has 0 radical (unpaired) electrons. The summed E-state index contributed by atoms with van der Waals surface area (Å²) >= 11 is 4.23. The third kappa shape index (κ3) is 6.95. The van der Waals surface area contributed by atoms with E-state index < -0.39 is 28.5 Å². The SMILES string of the molecule is COc1cc(/C=C2/SC(=O)N(CC(=O)Nc3c(C)cc(C)cc3C)C2=O)c(Br)cc1OCc1ccc([N+](=O)[O-])cc1. The molecule has 0 unspecified atom stereocenters. The number of ether oxygens (including phenoxy) is 2. The Kier molecular flexibility index (Phi) is 9.14. The highest BCUT2D eigenvalue weighted by molar-refractivity contribution is 9.10. The Labute approximate surface area is 249 Å². The number of methoxy groups -OCH3 is 1. The maximum atomic E-state index is 13.1. The number of nitro groups is 1. The van der Waals surface area contributed by atoms with Crippen molar-refractivity contribution in [3.8, 4) is 11.5 Å². The molecular weight excluding hydrogens is 614 g/mol. The fourth-order valence-electron chi connectivity index (χ4n) is 4.29. The standard InChI is InChI=1S/C29H26BrN3O7S/c1-16-9-17(2)27(18(3)10-16)31-26(34)14-32-28(35)25(41-29(32)36)12-20-11-23(39-4)24(13-22(20)30)40-15-19-5-7-21(8-6-19)33(37)38/h5-13H,14-15H2,1-4H3,(H,31,34)/b25-12+. The largest absolute Gasteiger partial charge is 0.493 e. The van der Waals surface area contributed by atoms with Crippen LogP contribution in [0.4, 0.5) is 16.2 Å². The molecule has 1 aliphatic rings.